The summed E-state index contributed by atoms with van der Waals surface area (Å²) in [6, 6.07) is 2.90. The molecular formula is C12H12F2O3. The zero-order valence-corrected chi connectivity index (χ0v) is 9.28. The topological polar surface area (TPSA) is 35.5 Å². The molecule has 1 saturated carbocycles. The fourth-order valence-electron chi connectivity index (χ4n) is 1.50. The SMILES string of the molecule is COC(=O)C(OC1CC1)c1cc(F)cc(F)c1. The molecule has 92 valence electrons. The van der Waals surface area contributed by atoms with Crippen LogP contribution in [0, 0.1) is 11.6 Å². The molecule has 0 aromatic heterocycles. The Hall–Kier alpha value is -1.49. The first kappa shape index (κ1) is 12.0. The standard InChI is InChI=1S/C12H12F2O3/c1-16-12(15)11(17-10-2-3-10)7-4-8(13)6-9(14)5-7/h4-6,10-11H,2-3H2,1H3. The average molecular weight is 242 g/mol. The lowest BCUT2D eigenvalue weighted by Gasteiger charge is -2.15. The molecule has 0 aliphatic heterocycles. The molecule has 2 rings (SSSR count). The smallest absolute Gasteiger partial charge is 0.339 e. The van der Waals surface area contributed by atoms with Crippen LogP contribution in [0.4, 0.5) is 8.78 Å². The van der Waals surface area contributed by atoms with E-state index in [2.05, 4.69) is 4.74 Å². The predicted octanol–water partition coefficient (Wildman–Crippen LogP) is 2.36. The number of ether oxygens (including phenoxy) is 2. The first-order chi connectivity index (χ1) is 8.10. The Bertz CT molecular complexity index is 410. The summed E-state index contributed by atoms with van der Waals surface area (Å²) >= 11 is 0. The molecule has 17 heavy (non-hydrogen) atoms. The quantitative estimate of drug-likeness (QED) is 0.760. The minimum absolute atomic E-state index is 0.0228. The van der Waals surface area contributed by atoms with Gasteiger partial charge in [0.25, 0.3) is 0 Å². The van der Waals surface area contributed by atoms with E-state index < -0.39 is 23.7 Å². The number of esters is 1. The summed E-state index contributed by atoms with van der Waals surface area (Å²) in [6.07, 6.45) is 0.625. The van der Waals surface area contributed by atoms with E-state index in [4.69, 9.17) is 4.74 Å². The Morgan fingerprint density at radius 2 is 1.88 bits per heavy atom. The second-order valence-corrected chi connectivity index (χ2v) is 3.94. The second-order valence-electron chi connectivity index (χ2n) is 3.94. The molecule has 1 unspecified atom stereocenters. The van der Waals surface area contributed by atoms with Crippen LogP contribution in [-0.4, -0.2) is 19.2 Å². The van der Waals surface area contributed by atoms with Gasteiger partial charge in [0, 0.05) is 6.07 Å². The molecule has 3 nitrogen and oxygen atoms in total. The van der Waals surface area contributed by atoms with E-state index in [0.29, 0.717) is 0 Å². The third-order valence-corrected chi connectivity index (χ3v) is 2.46. The van der Waals surface area contributed by atoms with Crippen molar-refractivity contribution in [3.8, 4) is 0 Å². The molecule has 1 aliphatic carbocycles. The van der Waals surface area contributed by atoms with Gasteiger partial charge in [0.1, 0.15) is 11.6 Å². The van der Waals surface area contributed by atoms with E-state index >= 15 is 0 Å². The maximum atomic E-state index is 13.1. The summed E-state index contributed by atoms with van der Waals surface area (Å²) in [5.74, 6) is -2.14. The van der Waals surface area contributed by atoms with Crippen molar-refractivity contribution in [2.45, 2.75) is 25.0 Å². The van der Waals surface area contributed by atoms with Crippen LogP contribution in [-0.2, 0) is 14.3 Å². The van der Waals surface area contributed by atoms with E-state index in [-0.39, 0.29) is 11.7 Å². The number of carbonyl (C=O) groups is 1. The lowest BCUT2D eigenvalue weighted by molar-refractivity contribution is -0.155. The van der Waals surface area contributed by atoms with Gasteiger partial charge < -0.3 is 9.47 Å². The molecule has 0 heterocycles. The monoisotopic (exact) mass is 242 g/mol. The third-order valence-electron chi connectivity index (χ3n) is 2.46. The van der Waals surface area contributed by atoms with Gasteiger partial charge in [-0.15, -0.1) is 0 Å². The summed E-state index contributed by atoms with van der Waals surface area (Å²) in [5.41, 5.74) is 0.140. The number of rotatable bonds is 4. The fourth-order valence-corrected chi connectivity index (χ4v) is 1.50. The van der Waals surface area contributed by atoms with E-state index in [0.717, 1.165) is 31.0 Å². The zero-order chi connectivity index (χ0) is 12.4. The summed E-state index contributed by atoms with van der Waals surface area (Å²) in [7, 11) is 1.21. The van der Waals surface area contributed by atoms with Crippen LogP contribution in [0.5, 0.6) is 0 Å². The summed E-state index contributed by atoms with van der Waals surface area (Å²) in [6.45, 7) is 0. The first-order valence-electron chi connectivity index (χ1n) is 5.29. The normalized spacial score (nSPS) is 16.6. The molecule has 5 heteroatoms. The van der Waals surface area contributed by atoms with Gasteiger partial charge in [-0.3, -0.25) is 0 Å². The Balaban J connectivity index is 2.26. The average Bonchev–Trinajstić information content (AvgIpc) is 3.07. The molecule has 1 atom stereocenters. The van der Waals surface area contributed by atoms with E-state index in [1.807, 2.05) is 0 Å². The lowest BCUT2D eigenvalue weighted by Crippen LogP contribution is -2.19. The molecule has 1 aromatic carbocycles. The van der Waals surface area contributed by atoms with Crippen molar-refractivity contribution in [2.75, 3.05) is 7.11 Å². The Morgan fingerprint density at radius 1 is 1.29 bits per heavy atom. The number of halogens is 2. The minimum atomic E-state index is -1.06. The maximum absolute atomic E-state index is 13.1. The molecule has 0 amide bonds. The molecule has 1 fully saturated rings. The Kier molecular flexibility index (Phi) is 3.38. The summed E-state index contributed by atoms with van der Waals surface area (Å²) < 4.78 is 36.1. The first-order valence-corrected chi connectivity index (χ1v) is 5.29. The van der Waals surface area contributed by atoms with Crippen molar-refractivity contribution < 1.29 is 23.0 Å². The van der Waals surface area contributed by atoms with Gasteiger partial charge in [0.15, 0.2) is 6.10 Å². The zero-order valence-electron chi connectivity index (χ0n) is 9.28. The molecular weight excluding hydrogens is 230 g/mol. The summed E-state index contributed by atoms with van der Waals surface area (Å²) in [4.78, 5) is 11.5. The van der Waals surface area contributed by atoms with Gasteiger partial charge >= 0.3 is 5.97 Å². The van der Waals surface area contributed by atoms with E-state index in [9.17, 15) is 13.6 Å². The molecule has 0 bridgehead atoms. The highest BCUT2D eigenvalue weighted by Gasteiger charge is 2.32. The van der Waals surface area contributed by atoms with E-state index in [1.165, 1.54) is 7.11 Å². The Morgan fingerprint density at radius 3 is 2.35 bits per heavy atom. The van der Waals surface area contributed by atoms with Crippen molar-refractivity contribution >= 4 is 5.97 Å². The van der Waals surface area contributed by atoms with Crippen LogP contribution in [0.1, 0.15) is 24.5 Å². The molecule has 0 saturated heterocycles. The van der Waals surface area contributed by atoms with Gasteiger partial charge in [-0.1, -0.05) is 0 Å². The highest BCUT2D eigenvalue weighted by molar-refractivity contribution is 5.76. The molecule has 1 aromatic rings. The van der Waals surface area contributed by atoms with Crippen LogP contribution in [0.3, 0.4) is 0 Å². The predicted molar refractivity (Wildman–Crippen MR) is 55.2 cm³/mol. The summed E-state index contributed by atoms with van der Waals surface area (Å²) in [5, 5.41) is 0. The van der Waals surface area contributed by atoms with Gasteiger partial charge in [0.2, 0.25) is 0 Å². The number of methoxy groups -OCH3 is 1. The lowest BCUT2D eigenvalue weighted by atomic mass is 10.1. The van der Waals surface area contributed by atoms with Crippen molar-refractivity contribution in [2.24, 2.45) is 0 Å². The fraction of sp³-hybridized carbons (Fsp3) is 0.417. The van der Waals surface area contributed by atoms with Crippen LogP contribution in [0.2, 0.25) is 0 Å². The molecule has 0 radical (unpaired) electrons. The van der Waals surface area contributed by atoms with Crippen LogP contribution >= 0.6 is 0 Å². The number of hydrogen-bond acceptors (Lipinski definition) is 3. The highest BCUT2D eigenvalue weighted by atomic mass is 19.1. The Labute approximate surface area is 97.3 Å². The minimum Gasteiger partial charge on any atom is -0.467 e. The highest BCUT2D eigenvalue weighted by Crippen LogP contribution is 2.32. The van der Waals surface area contributed by atoms with E-state index in [1.54, 1.807) is 0 Å². The van der Waals surface area contributed by atoms with Crippen LogP contribution in [0.15, 0.2) is 18.2 Å². The van der Waals surface area contributed by atoms with Crippen LogP contribution in [0.25, 0.3) is 0 Å². The van der Waals surface area contributed by atoms with Gasteiger partial charge in [-0.05, 0) is 30.5 Å². The van der Waals surface area contributed by atoms with Gasteiger partial charge in [0.05, 0.1) is 13.2 Å². The molecule has 0 spiro atoms. The molecule has 1 aliphatic rings. The second kappa shape index (κ2) is 4.79. The van der Waals surface area contributed by atoms with Gasteiger partial charge in [-0.25, -0.2) is 13.6 Å². The van der Waals surface area contributed by atoms with Crippen LogP contribution < -0.4 is 0 Å². The largest absolute Gasteiger partial charge is 0.467 e. The number of carbonyl (C=O) groups excluding carboxylic acids is 1. The third kappa shape index (κ3) is 3.00. The van der Waals surface area contributed by atoms with Crippen molar-refractivity contribution in [1.82, 2.24) is 0 Å². The number of benzene rings is 1. The van der Waals surface area contributed by atoms with Crippen molar-refractivity contribution in [1.29, 1.82) is 0 Å². The van der Waals surface area contributed by atoms with Crippen molar-refractivity contribution in [3.63, 3.8) is 0 Å². The maximum Gasteiger partial charge on any atom is 0.339 e. The number of hydrogen-bond donors (Lipinski definition) is 0. The van der Waals surface area contributed by atoms with Gasteiger partial charge in [-0.2, -0.15) is 0 Å². The van der Waals surface area contributed by atoms with Crippen molar-refractivity contribution in [3.05, 3.63) is 35.4 Å². The molecule has 0 N–H and O–H groups in total.